The Morgan fingerprint density at radius 2 is 1.86 bits per heavy atom. The smallest absolute Gasteiger partial charge is 0.258 e. The van der Waals surface area contributed by atoms with Crippen molar-refractivity contribution >= 4 is 35.2 Å². The molecule has 2 aromatic rings. The zero-order chi connectivity index (χ0) is 14.8. The number of hydrogen-bond acceptors (Lipinski definition) is 3. The van der Waals surface area contributed by atoms with Gasteiger partial charge in [0, 0.05) is 17.0 Å². The Balaban J connectivity index is 1.98. The van der Waals surface area contributed by atoms with E-state index in [1.165, 1.54) is 4.90 Å². The molecular formula is C17H13NO2S. The summed E-state index contributed by atoms with van der Waals surface area (Å²) >= 11 is 1.70. The Labute approximate surface area is 127 Å². The van der Waals surface area contributed by atoms with Crippen LogP contribution in [-0.4, -0.2) is 11.2 Å². The lowest BCUT2D eigenvalue weighted by Gasteiger charge is -2.03. The van der Waals surface area contributed by atoms with Crippen LogP contribution in [0.5, 0.6) is 0 Å². The summed E-state index contributed by atoms with van der Waals surface area (Å²) in [7, 11) is 0. The molecule has 2 aromatic carbocycles. The molecule has 0 saturated carbocycles. The van der Waals surface area contributed by atoms with E-state index in [0.717, 1.165) is 22.3 Å². The standard InChI is InChI=1S/C17H13NO2S/c1-21-16-8-2-12(3-9-16)10-14-5-4-13-6-7-15(18(19)20)11-17(13)14/h2-11H,1H3. The minimum absolute atomic E-state index is 0.126. The van der Waals surface area contributed by atoms with Crippen LogP contribution in [0, 0.1) is 10.1 Å². The van der Waals surface area contributed by atoms with Gasteiger partial charge in [0.05, 0.1) is 4.92 Å². The van der Waals surface area contributed by atoms with Crippen LogP contribution in [0.2, 0.25) is 0 Å². The maximum absolute atomic E-state index is 10.9. The van der Waals surface area contributed by atoms with Crippen molar-refractivity contribution in [2.75, 3.05) is 6.26 Å². The van der Waals surface area contributed by atoms with Gasteiger partial charge >= 0.3 is 0 Å². The topological polar surface area (TPSA) is 43.1 Å². The molecule has 0 aromatic heterocycles. The lowest BCUT2D eigenvalue weighted by atomic mass is 10.0. The monoisotopic (exact) mass is 295 g/mol. The van der Waals surface area contributed by atoms with Gasteiger partial charge in [-0.15, -0.1) is 11.8 Å². The van der Waals surface area contributed by atoms with Crippen molar-refractivity contribution in [2.24, 2.45) is 0 Å². The molecule has 4 heteroatoms. The molecule has 0 amide bonds. The van der Waals surface area contributed by atoms with E-state index in [2.05, 4.69) is 30.3 Å². The number of rotatable bonds is 3. The van der Waals surface area contributed by atoms with Gasteiger partial charge in [-0.3, -0.25) is 10.1 Å². The van der Waals surface area contributed by atoms with Crippen LogP contribution in [0.25, 0.3) is 17.7 Å². The third-order valence-electron chi connectivity index (χ3n) is 3.44. The normalized spacial score (nSPS) is 14.4. The highest BCUT2D eigenvalue weighted by Crippen LogP contribution is 2.33. The second-order valence-corrected chi connectivity index (χ2v) is 5.61. The first kappa shape index (κ1) is 13.6. The van der Waals surface area contributed by atoms with Crippen molar-refractivity contribution in [3.8, 4) is 0 Å². The Hall–Kier alpha value is -2.33. The molecule has 0 bridgehead atoms. The molecule has 3 rings (SSSR count). The Morgan fingerprint density at radius 1 is 1.10 bits per heavy atom. The molecule has 0 aliphatic heterocycles. The molecular weight excluding hydrogens is 282 g/mol. The van der Waals surface area contributed by atoms with Crippen molar-refractivity contribution in [2.45, 2.75) is 4.90 Å². The van der Waals surface area contributed by atoms with Crippen LogP contribution < -0.4 is 0 Å². The third kappa shape index (κ3) is 2.76. The van der Waals surface area contributed by atoms with Gasteiger partial charge in [0.1, 0.15) is 0 Å². The zero-order valence-corrected chi connectivity index (χ0v) is 12.3. The van der Waals surface area contributed by atoms with E-state index in [9.17, 15) is 10.1 Å². The van der Waals surface area contributed by atoms with Crippen LogP contribution in [0.4, 0.5) is 5.69 Å². The first-order chi connectivity index (χ1) is 10.2. The summed E-state index contributed by atoms with van der Waals surface area (Å²) in [6.45, 7) is 0. The lowest BCUT2D eigenvalue weighted by Crippen LogP contribution is -1.90. The van der Waals surface area contributed by atoms with Gasteiger partial charge in [-0.05, 0) is 52.8 Å². The highest BCUT2D eigenvalue weighted by atomic mass is 32.2. The number of nitrogens with zero attached hydrogens (tertiary/aromatic N) is 1. The second-order valence-electron chi connectivity index (χ2n) is 4.73. The number of nitro groups is 1. The number of fused-ring (bicyclic) bond motifs is 1. The number of allylic oxidation sites excluding steroid dienone is 2. The average Bonchev–Trinajstić information content (AvgIpc) is 2.90. The van der Waals surface area contributed by atoms with Gasteiger partial charge in [0.25, 0.3) is 5.69 Å². The number of non-ortho nitro benzene ring substituents is 1. The van der Waals surface area contributed by atoms with E-state index in [0.29, 0.717) is 0 Å². The molecule has 3 nitrogen and oxygen atoms in total. The molecule has 1 aliphatic carbocycles. The van der Waals surface area contributed by atoms with Crippen LogP contribution in [0.3, 0.4) is 0 Å². The van der Waals surface area contributed by atoms with Gasteiger partial charge in [0.2, 0.25) is 0 Å². The summed E-state index contributed by atoms with van der Waals surface area (Å²) in [5, 5.41) is 10.9. The molecule has 0 radical (unpaired) electrons. The number of nitro benzene ring substituents is 1. The summed E-state index contributed by atoms with van der Waals surface area (Å²) in [6, 6.07) is 13.2. The number of hydrogen-bond donors (Lipinski definition) is 0. The predicted octanol–water partition coefficient (Wildman–Crippen LogP) is 4.88. The second kappa shape index (κ2) is 5.58. The maximum atomic E-state index is 10.9. The van der Waals surface area contributed by atoms with Gasteiger partial charge in [-0.25, -0.2) is 0 Å². The molecule has 0 saturated heterocycles. The van der Waals surface area contributed by atoms with Crippen LogP contribution >= 0.6 is 11.8 Å². The van der Waals surface area contributed by atoms with E-state index in [1.54, 1.807) is 30.0 Å². The highest BCUT2D eigenvalue weighted by Gasteiger charge is 2.15. The maximum Gasteiger partial charge on any atom is 0.270 e. The molecule has 0 fully saturated rings. The zero-order valence-electron chi connectivity index (χ0n) is 11.4. The molecule has 0 N–H and O–H groups in total. The SMILES string of the molecule is CSc1ccc(C=C2C=Cc3ccc([N+](=O)[O-])cc32)cc1. The van der Waals surface area contributed by atoms with Crippen molar-refractivity contribution in [1.82, 2.24) is 0 Å². The largest absolute Gasteiger partial charge is 0.270 e. The molecule has 1 aliphatic rings. The Morgan fingerprint density at radius 3 is 2.52 bits per heavy atom. The van der Waals surface area contributed by atoms with Gasteiger partial charge in [-0.2, -0.15) is 0 Å². The van der Waals surface area contributed by atoms with Gasteiger partial charge in [-0.1, -0.05) is 24.3 Å². The molecule has 0 spiro atoms. The van der Waals surface area contributed by atoms with E-state index >= 15 is 0 Å². The fourth-order valence-electron chi connectivity index (χ4n) is 2.33. The fourth-order valence-corrected chi connectivity index (χ4v) is 2.74. The summed E-state index contributed by atoms with van der Waals surface area (Å²) in [5.74, 6) is 0. The van der Waals surface area contributed by atoms with Gasteiger partial charge in [0.15, 0.2) is 0 Å². The van der Waals surface area contributed by atoms with Crippen molar-refractivity contribution < 1.29 is 4.92 Å². The molecule has 0 unspecified atom stereocenters. The molecule has 104 valence electrons. The number of benzene rings is 2. The van der Waals surface area contributed by atoms with Crippen LogP contribution in [0.1, 0.15) is 16.7 Å². The summed E-state index contributed by atoms with van der Waals surface area (Å²) in [5.41, 5.74) is 4.16. The van der Waals surface area contributed by atoms with Crippen LogP contribution in [0.15, 0.2) is 53.4 Å². The average molecular weight is 295 g/mol. The first-order valence-electron chi connectivity index (χ1n) is 6.50. The molecule has 0 heterocycles. The lowest BCUT2D eigenvalue weighted by molar-refractivity contribution is -0.384. The summed E-state index contributed by atoms with van der Waals surface area (Å²) < 4.78 is 0. The summed E-state index contributed by atoms with van der Waals surface area (Å²) in [6.07, 6.45) is 8.08. The van der Waals surface area contributed by atoms with E-state index in [-0.39, 0.29) is 10.6 Å². The Kier molecular flexibility index (Phi) is 3.62. The first-order valence-corrected chi connectivity index (χ1v) is 7.72. The van der Waals surface area contributed by atoms with E-state index in [4.69, 9.17) is 0 Å². The molecule has 0 atom stereocenters. The Bertz CT molecular complexity index is 761. The molecule has 21 heavy (non-hydrogen) atoms. The van der Waals surface area contributed by atoms with Crippen molar-refractivity contribution in [3.63, 3.8) is 0 Å². The van der Waals surface area contributed by atoms with Gasteiger partial charge < -0.3 is 0 Å². The van der Waals surface area contributed by atoms with E-state index < -0.39 is 0 Å². The van der Waals surface area contributed by atoms with E-state index in [1.807, 2.05) is 18.4 Å². The predicted molar refractivity (Wildman–Crippen MR) is 88.2 cm³/mol. The van der Waals surface area contributed by atoms with Crippen molar-refractivity contribution in [1.29, 1.82) is 0 Å². The highest BCUT2D eigenvalue weighted by molar-refractivity contribution is 7.98. The summed E-state index contributed by atoms with van der Waals surface area (Å²) in [4.78, 5) is 11.8. The minimum Gasteiger partial charge on any atom is -0.258 e. The third-order valence-corrected chi connectivity index (χ3v) is 4.18. The van der Waals surface area contributed by atoms with Crippen LogP contribution in [-0.2, 0) is 0 Å². The van der Waals surface area contributed by atoms with Crippen molar-refractivity contribution in [3.05, 3.63) is 75.3 Å². The quantitative estimate of drug-likeness (QED) is 0.460. The minimum atomic E-state index is -0.358. The number of thioether (sulfide) groups is 1. The fraction of sp³-hybridized carbons (Fsp3) is 0.0588.